The van der Waals surface area contributed by atoms with Crippen LogP contribution in [-0.2, 0) is 10.0 Å². The summed E-state index contributed by atoms with van der Waals surface area (Å²) in [6.45, 7) is 4.07. The monoisotopic (exact) mass is 357 g/mol. The van der Waals surface area contributed by atoms with E-state index in [0.29, 0.717) is 11.2 Å². The first-order valence-electron chi connectivity index (χ1n) is 7.68. The number of hydrogen-bond acceptors (Lipinski definition) is 6. The standard InChI is InChI=1S/C16H15N5O3S/c1-9(2)16-17-11-7-6-10(8-13(11)18-16)21-25(22,23)14-5-3-4-12-15(14)20-24-19-12/h3-9,21H,1-2H3,(H,17,18). The van der Waals surface area contributed by atoms with Crippen LogP contribution in [0.2, 0.25) is 0 Å². The largest absolute Gasteiger partial charge is 0.342 e. The molecule has 2 N–H and O–H groups in total. The van der Waals surface area contributed by atoms with Crippen LogP contribution >= 0.6 is 0 Å². The van der Waals surface area contributed by atoms with Crippen LogP contribution in [0.5, 0.6) is 0 Å². The number of nitrogens with one attached hydrogen (secondary N) is 2. The van der Waals surface area contributed by atoms with Gasteiger partial charge in [-0.05, 0) is 40.6 Å². The Balaban J connectivity index is 1.73. The number of hydrogen-bond donors (Lipinski definition) is 2. The van der Waals surface area contributed by atoms with E-state index in [9.17, 15) is 8.42 Å². The second kappa shape index (κ2) is 5.55. The molecular weight excluding hydrogens is 342 g/mol. The SMILES string of the molecule is CC(C)c1nc2ccc(NS(=O)(=O)c3cccc4nonc34)cc2[nH]1. The van der Waals surface area contributed by atoms with Crippen LogP contribution < -0.4 is 4.72 Å². The van der Waals surface area contributed by atoms with Crippen LogP contribution in [0.1, 0.15) is 25.6 Å². The van der Waals surface area contributed by atoms with Crippen LogP contribution in [-0.4, -0.2) is 28.7 Å². The van der Waals surface area contributed by atoms with E-state index < -0.39 is 10.0 Å². The minimum atomic E-state index is -3.83. The molecule has 0 spiro atoms. The van der Waals surface area contributed by atoms with E-state index in [2.05, 4.69) is 29.6 Å². The van der Waals surface area contributed by atoms with Crippen molar-refractivity contribution in [2.24, 2.45) is 0 Å². The average molecular weight is 357 g/mol. The van der Waals surface area contributed by atoms with Gasteiger partial charge < -0.3 is 4.98 Å². The van der Waals surface area contributed by atoms with E-state index in [0.717, 1.165) is 16.9 Å². The molecule has 4 aromatic rings. The number of rotatable bonds is 4. The van der Waals surface area contributed by atoms with Gasteiger partial charge >= 0.3 is 0 Å². The maximum Gasteiger partial charge on any atom is 0.264 e. The normalized spacial score (nSPS) is 12.3. The minimum absolute atomic E-state index is 0.0128. The smallest absolute Gasteiger partial charge is 0.264 e. The lowest BCUT2D eigenvalue weighted by atomic mass is 10.2. The zero-order valence-electron chi connectivity index (χ0n) is 13.5. The molecule has 0 amide bonds. The van der Waals surface area contributed by atoms with Crippen LogP contribution in [0.15, 0.2) is 45.9 Å². The van der Waals surface area contributed by atoms with Gasteiger partial charge in [0.2, 0.25) is 0 Å². The molecule has 8 nitrogen and oxygen atoms in total. The third-order valence-corrected chi connectivity index (χ3v) is 5.25. The van der Waals surface area contributed by atoms with Crippen LogP contribution in [0.25, 0.3) is 22.1 Å². The van der Waals surface area contributed by atoms with Gasteiger partial charge in [0, 0.05) is 5.92 Å². The topological polar surface area (TPSA) is 114 Å². The maximum atomic E-state index is 12.7. The number of nitrogens with zero attached hydrogens (tertiary/aromatic N) is 3. The van der Waals surface area contributed by atoms with E-state index in [1.54, 1.807) is 30.3 Å². The first kappa shape index (κ1) is 15.6. The molecule has 2 heterocycles. The van der Waals surface area contributed by atoms with Crippen molar-refractivity contribution in [3.8, 4) is 0 Å². The molecule has 4 rings (SSSR count). The second-order valence-electron chi connectivity index (χ2n) is 6.00. The Labute approximate surface area is 143 Å². The zero-order chi connectivity index (χ0) is 17.6. The number of aromatic amines is 1. The summed E-state index contributed by atoms with van der Waals surface area (Å²) in [5.41, 5.74) is 2.56. The number of fused-ring (bicyclic) bond motifs is 2. The molecule has 0 saturated carbocycles. The van der Waals surface area contributed by atoms with Crippen molar-refractivity contribution in [3.05, 3.63) is 42.2 Å². The Morgan fingerprint density at radius 1 is 1.12 bits per heavy atom. The highest BCUT2D eigenvalue weighted by Crippen LogP contribution is 2.25. The molecule has 25 heavy (non-hydrogen) atoms. The highest BCUT2D eigenvalue weighted by Gasteiger charge is 2.20. The van der Waals surface area contributed by atoms with Crippen LogP contribution in [0, 0.1) is 0 Å². The van der Waals surface area contributed by atoms with Gasteiger partial charge in [-0.2, -0.15) is 0 Å². The molecule has 0 unspecified atom stereocenters. The number of H-pyrrole nitrogens is 1. The molecule has 0 fully saturated rings. The zero-order valence-corrected chi connectivity index (χ0v) is 14.3. The molecule has 0 aliphatic rings. The van der Waals surface area contributed by atoms with E-state index >= 15 is 0 Å². The first-order valence-corrected chi connectivity index (χ1v) is 9.16. The molecule has 2 aromatic carbocycles. The van der Waals surface area contributed by atoms with Crippen molar-refractivity contribution in [2.45, 2.75) is 24.7 Å². The van der Waals surface area contributed by atoms with E-state index in [1.165, 1.54) is 6.07 Å². The third-order valence-electron chi connectivity index (χ3n) is 3.84. The lowest BCUT2D eigenvalue weighted by Crippen LogP contribution is -2.13. The van der Waals surface area contributed by atoms with Gasteiger partial charge in [0.05, 0.1) is 16.7 Å². The number of aromatic nitrogens is 4. The first-order chi connectivity index (χ1) is 11.9. The fourth-order valence-electron chi connectivity index (χ4n) is 2.57. The Hall–Kier alpha value is -2.94. The van der Waals surface area contributed by atoms with E-state index in [1.807, 2.05) is 13.8 Å². The quantitative estimate of drug-likeness (QED) is 0.580. The van der Waals surface area contributed by atoms with Crippen molar-refractivity contribution in [1.29, 1.82) is 0 Å². The average Bonchev–Trinajstić information content (AvgIpc) is 3.20. The molecule has 2 aromatic heterocycles. The number of anilines is 1. The van der Waals surface area contributed by atoms with Gasteiger partial charge in [-0.1, -0.05) is 19.9 Å². The van der Waals surface area contributed by atoms with Crippen molar-refractivity contribution >= 4 is 37.8 Å². The number of benzene rings is 2. The van der Waals surface area contributed by atoms with Gasteiger partial charge in [0.15, 0.2) is 5.52 Å². The fourth-order valence-corrected chi connectivity index (χ4v) is 3.78. The van der Waals surface area contributed by atoms with Crippen LogP contribution in [0.4, 0.5) is 5.69 Å². The van der Waals surface area contributed by atoms with Crippen molar-refractivity contribution in [3.63, 3.8) is 0 Å². The third kappa shape index (κ3) is 2.72. The molecular formula is C16H15N5O3S. The summed E-state index contributed by atoms with van der Waals surface area (Å²) in [4.78, 5) is 7.69. The van der Waals surface area contributed by atoms with Crippen molar-refractivity contribution < 1.29 is 13.0 Å². The minimum Gasteiger partial charge on any atom is -0.342 e. The Morgan fingerprint density at radius 3 is 2.76 bits per heavy atom. The lowest BCUT2D eigenvalue weighted by Gasteiger charge is -2.08. The molecule has 0 aliphatic carbocycles. The molecule has 0 atom stereocenters. The Morgan fingerprint density at radius 2 is 1.96 bits per heavy atom. The van der Waals surface area contributed by atoms with Gasteiger partial charge in [-0.3, -0.25) is 4.72 Å². The predicted molar refractivity (Wildman–Crippen MR) is 92.8 cm³/mol. The molecule has 0 radical (unpaired) electrons. The number of imidazole rings is 1. The van der Waals surface area contributed by atoms with Gasteiger partial charge in [0.25, 0.3) is 10.0 Å². The lowest BCUT2D eigenvalue weighted by molar-refractivity contribution is 0.315. The molecule has 9 heteroatoms. The number of sulfonamides is 1. The summed E-state index contributed by atoms with van der Waals surface area (Å²) in [6.07, 6.45) is 0. The summed E-state index contributed by atoms with van der Waals surface area (Å²) in [5, 5.41) is 7.35. The highest BCUT2D eigenvalue weighted by molar-refractivity contribution is 7.93. The van der Waals surface area contributed by atoms with E-state index in [-0.39, 0.29) is 16.3 Å². The molecule has 0 aliphatic heterocycles. The molecule has 0 bridgehead atoms. The summed E-state index contributed by atoms with van der Waals surface area (Å²) < 4.78 is 32.6. The summed E-state index contributed by atoms with van der Waals surface area (Å²) >= 11 is 0. The van der Waals surface area contributed by atoms with Gasteiger partial charge in [0.1, 0.15) is 16.2 Å². The van der Waals surface area contributed by atoms with E-state index in [4.69, 9.17) is 0 Å². The molecule has 128 valence electrons. The highest BCUT2D eigenvalue weighted by atomic mass is 32.2. The summed E-state index contributed by atoms with van der Waals surface area (Å²) in [7, 11) is -3.83. The second-order valence-corrected chi connectivity index (χ2v) is 7.65. The van der Waals surface area contributed by atoms with Crippen LogP contribution in [0.3, 0.4) is 0 Å². The Bertz CT molecular complexity index is 1180. The van der Waals surface area contributed by atoms with Crippen molar-refractivity contribution in [2.75, 3.05) is 4.72 Å². The maximum absolute atomic E-state index is 12.7. The fraction of sp³-hybridized carbons (Fsp3) is 0.188. The predicted octanol–water partition coefficient (Wildman–Crippen LogP) is 3.02. The van der Waals surface area contributed by atoms with Gasteiger partial charge in [-0.15, -0.1) is 0 Å². The van der Waals surface area contributed by atoms with Gasteiger partial charge in [-0.25, -0.2) is 18.0 Å². The Kier molecular flexibility index (Phi) is 3.46. The summed E-state index contributed by atoms with van der Waals surface area (Å²) in [6, 6.07) is 9.84. The summed E-state index contributed by atoms with van der Waals surface area (Å²) in [5.74, 6) is 1.11. The van der Waals surface area contributed by atoms with Crippen molar-refractivity contribution in [1.82, 2.24) is 20.3 Å². The molecule has 0 saturated heterocycles.